The summed E-state index contributed by atoms with van der Waals surface area (Å²) >= 11 is 7.80. The number of carbonyl (C=O) groups excluding carboxylic acids is 2. The van der Waals surface area contributed by atoms with Crippen LogP contribution < -0.4 is 4.74 Å². The first kappa shape index (κ1) is 22.9. The normalized spacial score (nSPS) is 22.4. The number of pyridine rings is 1. The first-order chi connectivity index (χ1) is 17.5. The molecule has 3 aromatic rings. The maximum atomic E-state index is 14.0. The highest BCUT2D eigenvalue weighted by atomic mass is 35.5. The molecule has 1 atom stereocenters. The number of piperidine rings is 1. The molecule has 2 aromatic heterocycles. The Bertz CT molecular complexity index is 1380. The first-order valence-electron chi connectivity index (χ1n) is 11.7. The van der Waals surface area contributed by atoms with Gasteiger partial charge in [-0.25, -0.2) is 0 Å². The summed E-state index contributed by atoms with van der Waals surface area (Å²) < 4.78 is 6.61. The van der Waals surface area contributed by atoms with Gasteiger partial charge >= 0.3 is 0 Å². The Morgan fingerprint density at radius 3 is 2.78 bits per heavy atom. The zero-order chi connectivity index (χ0) is 24.8. The van der Waals surface area contributed by atoms with Crippen molar-refractivity contribution in [3.05, 3.63) is 87.3 Å². The van der Waals surface area contributed by atoms with Crippen LogP contribution in [-0.4, -0.2) is 51.6 Å². The van der Waals surface area contributed by atoms with Crippen LogP contribution in [0.3, 0.4) is 0 Å². The summed E-state index contributed by atoms with van der Waals surface area (Å²) in [5.41, 5.74) is -0.513. The molecule has 182 valence electrons. The van der Waals surface area contributed by atoms with E-state index in [0.717, 1.165) is 10.4 Å². The average molecular weight is 520 g/mol. The summed E-state index contributed by atoms with van der Waals surface area (Å²) in [5.74, 6) is 0.207. The SMILES string of the molecule is O=C(/C=C/c1cccs1)N1CCC2(CC1)Oc1ccc(Cl)cc1C(=O)C21CC(c2cccnc2)=NO1. The zero-order valence-corrected chi connectivity index (χ0v) is 20.8. The van der Waals surface area contributed by atoms with Gasteiger partial charge in [0.05, 0.1) is 11.3 Å². The van der Waals surface area contributed by atoms with E-state index in [0.29, 0.717) is 48.0 Å². The number of nitrogens with zero attached hydrogens (tertiary/aromatic N) is 3. The molecule has 1 saturated heterocycles. The Morgan fingerprint density at radius 2 is 2.03 bits per heavy atom. The van der Waals surface area contributed by atoms with Gasteiger partial charge in [0.2, 0.25) is 17.3 Å². The van der Waals surface area contributed by atoms with Gasteiger partial charge in [-0.15, -0.1) is 11.3 Å². The molecule has 3 aliphatic heterocycles. The van der Waals surface area contributed by atoms with Crippen molar-refractivity contribution in [2.45, 2.75) is 30.5 Å². The second kappa shape index (κ2) is 8.87. The number of thiophene rings is 1. The van der Waals surface area contributed by atoms with E-state index in [1.807, 2.05) is 35.7 Å². The number of hydrogen-bond donors (Lipinski definition) is 0. The molecule has 3 aliphatic rings. The molecule has 9 heteroatoms. The molecule has 6 rings (SSSR count). The minimum absolute atomic E-state index is 0.0683. The Kier molecular flexibility index (Phi) is 5.65. The summed E-state index contributed by atoms with van der Waals surface area (Å²) in [5, 5.41) is 6.76. The molecule has 0 N–H and O–H groups in total. The van der Waals surface area contributed by atoms with Gasteiger partial charge in [0.25, 0.3) is 0 Å². The number of aromatic nitrogens is 1. The van der Waals surface area contributed by atoms with Gasteiger partial charge in [-0.05, 0) is 47.9 Å². The van der Waals surface area contributed by atoms with Crippen molar-refractivity contribution in [1.29, 1.82) is 0 Å². The predicted octanol–water partition coefficient (Wildman–Crippen LogP) is 5.01. The number of Topliss-reactive ketones (excluding diaryl/α,β-unsaturated/α-hetero) is 1. The number of rotatable bonds is 3. The standard InChI is InChI=1S/C27H22ClN3O4S/c28-19-5-7-23-21(15-19)25(33)27(16-22(30-35-27)18-3-1-11-29-17-18)26(34-23)9-12-31(13-10-26)24(32)8-6-20-4-2-14-36-20/h1-8,11,14-15,17H,9-10,12-13,16H2/b8-6+. The molecule has 0 saturated carbocycles. The third-order valence-electron chi connectivity index (χ3n) is 7.13. The van der Waals surface area contributed by atoms with Crippen molar-refractivity contribution in [1.82, 2.24) is 9.88 Å². The summed E-state index contributed by atoms with van der Waals surface area (Å²) in [6, 6.07) is 12.7. The molecular formula is C27H22ClN3O4S. The number of carbonyl (C=O) groups is 2. The van der Waals surface area contributed by atoms with E-state index in [4.69, 9.17) is 21.2 Å². The number of benzene rings is 1. The molecule has 1 unspecified atom stereocenters. The number of ether oxygens (including phenoxy) is 1. The van der Waals surface area contributed by atoms with Crippen molar-refractivity contribution in [3.8, 4) is 5.75 Å². The third kappa shape index (κ3) is 3.72. The number of hydrogen-bond acceptors (Lipinski definition) is 7. The lowest BCUT2D eigenvalue weighted by molar-refractivity contribution is -0.161. The van der Waals surface area contributed by atoms with Gasteiger partial charge in [0.1, 0.15) is 5.75 Å². The fourth-order valence-corrected chi connectivity index (χ4v) is 6.00. The lowest BCUT2D eigenvalue weighted by atomic mass is 9.67. The second-order valence-electron chi connectivity index (χ2n) is 9.11. The van der Waals surface area contributed by atoms with Gasteiger partial charge in [0.15, 0.2) is 5.60 Å². The largest absolute Gasteiger partial charge is 0.482 e. The van der Waals surface area contributed by atoms with Crippen molar-refractivity contribution < 1.29 is 19.2 Å². The van der Waals surface area contributed by atoms with Crippen LogP contribution in [0.1, 0.15) is 40.1 Å². The van der Waals surface area contributed by atoms with Crippen LogP contribution in [0, 0.1) is 0 Å². The fourth-order valence-electron chi connectivity index (χ4n) is 5.21. The molecule has 36 heavy (non-hydrogen) atoms. The van der Waals surface area contributed by atoms with Crippen molar-refractivity contribution in [3.63, 3.8) is 0 Å². The highest BCUT2D eigenvalue weighted by Gasteiger charge is 2.67. The molecule has 1 amide bonds. The van der Waals surface area contributed by atoms with Crippen LogP contribution in [0.5, 0.6) is 5.75 Å². The Labute approximate surface area is 217 Å². The van der Waals surface area contributed by atoms with Gasteiger partial charge in [0, 0.05) is 66.3 Å². The van der Waals surface area contributed by atoms with E-state index in [-0.39, 0.29) is 18.1 Å². The second-order valence-corrected chi connectivity index (χ2v) is 10.5. The monoisotopic (exact) mass is 519 g/mol. The number of likely N-dealkylation sites (tertiary alicyclic amines) is 1. The Balaban J connectivity index is 1.30. The predicted molar refractivity (Wildman–Crippen MR) is 138 cm³/mol. The van der Waals surface area contributed by atoms with Crippen molar-refractivity contribution in [2.75, 3.05) is 13.1 Å². The third-order valence-corrected chi connectivity index (χ3v) is 8.21. The quantitative estimate of drug-likeness (QED) is 0.454. The minimum Gasteiger partial charge on any atom is -0.482 e. The summed E-state index contributed by atoms with van der Waals surface area (Å²) in [4.78, 5) is 40.0. The van der Waals surface area contributed by atoms with Gasteiger partial charge in [-0.2, -0.15) is 0 Å². The number of fused-ring (bicyclic) bond motifs is 2. The summed E-state index contributed by atoms with van der Waals surface area (Å²) in [7, 11) is 0. The molecule has 0 aliphatic carbocycles. The zero-order valence-electron chi connectivity index (χ0n) is 19.2. The highest BCUT2D eigenvalue weighted by Crippen LogP contribution is 2.51. The van der Waals surface area contributed by atoms with Gasteiger partial charge in [-0.3, -0.25) is 14.6 Å². The molecule has 1 fully saturated rings. The van der Waals surface area contributed by atoms with E-state index < -0.39 is 11.2 Å². The van der Waals surface area contributed by atoms with Crippen LogP contribution in [0.2, 0.25) is 5.02 Å². The maximum Gasteiger partial charge on any atom is 0.246 e. The maximum absolute atomic E-state index is 14.0. The number of amides is 1. The molecule has 0 radical (unpaired) electrons. The van der Waals surface area contributed by atoms with Crippen LogP contribution in [-0.2, 0) is 9.63 Å². The van der Waals surface area contributed by atoms with Gasteiger partial charge in [-0.1, -0.05) is 22.8 Å². The average Bonchev–Trinajstić information content (AvgIpc) is 3.60. The molecule has 7 nitrogen and oxygen atoms in total. The van der Waals surface area contributed by atoms with Crippen LogP contribution in [0.25, 0.3) is 6.08 Å². The van der Waals surface area contributed by atoms with E-state index in [1.54, 1.807) is 52.9 Å². The molecule has 5 heterocycles. The van der Waals surface area contributed by atoms with Crippen molar-refractivity contribution in [2.24, 2.45) is 5.16 Å². The smallest absolute Gasteiger partial charge is 0.246 e. The molecule has 1 aromatic carbocycles. The van der Waals surface area contributed by atoms with E-state index in [2.05, 4.69) is 10.1 Å². The van der Waals surface area contributed by atoms with E-state index in [9.17, 15) is 9.59 Å². The first-order valence-corrected chi connectivity index (χ1v) is 12.9. The Morgan fingerprint density at radius 1 is 1.17 bits per heavy atom. The summed E-state index contributed by atoms with van der Waals surface area (Å²) in [6.07, 6.45) is 7.91. The molecule has 0 bridgehead atoms. The summed E-state index contributed by atoms with van der Waals surface area (Å²) in [6.45, 7) is 0.855. The highest BCUT2D eigenvalue weighted by molar-refractivity contribution is 7.10. The lowest BCUT2D eigenvalue weighted by Gasteiger charge is -2.51. The number of halogens is 1. The van der Waals surface area contributed by atoms with Crippen molar-refractivity contribution >= 4 is 46.4 Å². The van der Waals surface area contributed by atoms with Gasteiger partial charge < -0.3 is 14.5 Å². The van der Waals surface area contributed by atoms with E-state index >= 15 is 0 Å². The molecule has 2 spiro atoms. The van der Waals surface area contributed by atoms with Crippen LogP contribution in [0.15, 0.2) is 71.5 Å². The Hall–Kier alpha value is -3.49. The topological polar surface area (TPSA) is 81.1 Å². The van der Waals surface area contributed by atoms with E-state index in [1.165, 1.54) is 0 Å². The molecular weight excluding hydrogens is 498 g/mol. The number of oxime groups is 1. The number of ketones is 1. The lowest BCUT2D eigenvalue weighted by Crippen LogP contribution is -2.68. The minimum atomic E-state index is -1.35. The van der Waals surface area contributed by atoms with Crippen LogP contribution in [0.4, 0.5) is 0 Å². The van der Waals surface area contributed by atoms with Crippen LogP contribution >= 0.6 is 22.9 Å². The fraction of sp³-hybridized carbons (Fsp3) is 0.259.